The number of aromatic nitrogens is 4. The number of carbonyl (C=O) groups is 1. The van der Waals surface area contributed by atoms with Crippen LogP contribution in [0.5, 0.6) is 5.75 Å². The van der Waals surface area contributed by atoms with Crippen LogP contribution in [-0.4, -0.2) is 31.8 Å². The number of nitrogens with zero attached hydrogens (tertiary/aromatic N) is 3. The number of rotatable bonds is 5. The molecule has 0 radical (unpaired) electrons. The number of ether oxygens (including phenoxy) is 1. The standard InChI is InChI=1S/C20H21N5O3/c1-12-11-17(22-18(26)13(2)28-14-7-4-3-5-8-14)25(24-12)20-21-16-10-6-9-15(16)19(27)23-20/h3-5,7-8,11,13H,6,9-10H2,1-2H3,(H,22,26)(H,21,23,27). The van der Waals surface area contributed by atoms with E-state index in [0.29, 0.717) is 23.2 Å². The second-order valence-electron chi connectivity index (χ2n) is 6.81. The summed E-state index contributed by atoms with van der Waals surface area (Å²) in [6.07, 6.45) is 1.73. The predicted molar refractivity (Wildman–Crippen MR) is 104 cm³/mol. The fourth-order valence-electron chi connectivity index (χ4n) is 3.26. The van der Waals surface area contributed by atoms with Gasteiger partial charge in [-0.15, -0.1) is 0 Å². The zero-order chi connectivity index (χ0) is 19.7. The van der Waals surface area contributed by atoms with E-state index in [9.17, 15) is 9.59 Å². The van der Waals surface area contributed by atoms with Crippen molar-refractivity contribution in [3.8, 4) is 11.7 Å². The van der Waals surface area contributed by atoms with Crippen molar-refractivity contribution in [2.24, 2.45) is 0 Å². The third-order valence-corrected chi connectivity index (χ3v) is 4.64. The van der Waals surface area contributed by atoms with Gasteiger partial charge in [-0.25, -0.2) is 4.98 Å². The highest BCUT2D eigenvalue weighted by Crippen LogP contribution is 2.19. The summed E-state index contributed by atoms with van der Waals surface area (Å²) in [5.41, 5.74) is 2.08. The molecule has 1 aliphatic rings. The number of hydrogen-bond acceptors (Lipinski definition) is 5. The minimum Gasteiger partial charge on any atom is -0.481 e. The summed E-state index contributed by atoms with van der Waals surface area (Å²) < 4.78 is 7.11. The number of nitrogens with one attached hydrogen (secondary N) is 2. The van der Waals surface area contributed by atoms with Gasteiger partial charge in [-0.3, -0.25) is 14.6 Å². The first-order valence-corrected chi connectivity index (χ1v) is 9.23. The molecule has 8 heteroatoms. The van der Waals surface area contributed by atoms with E-state index in [1.165, 1.54) is 4.68 Å². The Labute approximate surface area is 161 Å². The van der Waals surface area contributed by atoms with E-state index in [1.807, 2.05) is 25.1 Å². The number of anilines is 1. The monoisotopic (exact) mass is 379 g/mol. The van der Waals surface area contributed by atoms with Crippen molar-refractivity contribution in [1.29, 1.82) is 0 Å². The lowest BCUT2D eigenvalue weighted by molar-refractivity contribution is -0.122. The van der Waals surface area contributed by atoms with Crippen LogP contribution < -0.4 is 15.6 Å². The summed E-state index contributed by atoms with van der Waals surface area (Å²) in [5, 5.41) is 7.18. The second-order valence-corrected chi connectivity index (χ2v) is 6.81. The Morgan fingerprint density at radius 3 is 2.86 bits per heavy atom. The number of aryl methyl sites for hydroxylation is 2. The number of fused-ring (bicyclic) bond motifs is 1. The van der Waals surface area contributed by atoms with Crippen LogP contribution in [0.3, 0.4) is 0 Å². The van der Waals surface area contributed by atoms with Crippen LogP contribution in [0.25, 0.3) is 5.95 Å². The molecular weight excluding hydrogens is 358 g/mol. The molecule has 1 atom stereocenters. The molecule has 144 valence electrons. The first kappa shape index (κ1) is 18.0. The summed E-state index contributed by atoms with van der Waals surface area (Å²) in [6.45, 7) is 3.48. The number of carbonyl (C=O) groups excluding carboxylic acids is 1. The second kappa shape index (κ2) is 7.30. The number of amides is 1. The zero-order valence-electron chi connectivity index (χ0n) is 15.7. The van der Waals surface area contributed by atoms with Crippen molar-refractivity contribution in [2.45, 2.75) is 39.2 Å². The Hall–Kier alpha value is -3.42. The molecule has 8 nitrogen and oxygen atoms in total. The highest BCUT2D eigenvalue weighted by molar-refractivity contribution is 5.93. The van der Waals surface area contributed by atoms with Gasteiger partial charge in [-0.2, -0.15) is 9.78 Å². The lowest BCUT2D eigenvalue weighted by Crippen LogP contribution is -2.31. The lowest BCUT2D eigenvalue weighted by atomic mass is 10.3. The number of aromatic amines is 1. The third-order valence-electron chi connectivity index (χ3n) is 4.64. The summed E-state index contributed by atoms with van der Waals surface area (Å²) in [5.74, 6) is 1.01. The molecule has 0 aliphatic heterocycles. The van der Waals surface area contributed by atoms with Gasteiger partial charge in [0, 0.05) is 11.6 Å². The minimum absolute atomic E-state index is 0.149. The van der Waals surface area contributed by atoms with Gasteiger partial charge in [0.2, 0.25) is 5.95 Å². The third kappa shape index (κ3) is 3.53. The number of benzene rings is 1. The SMILES string of the molecule is Cc1cc(NC(=O)C(C)Oc2ccccc2)n(-c2nc3c(c(=O)[nH]2)CCC3)n1. The van der Waals surface area contributed by atoms with Crippen LogP contribution in [0.2, 0.25) is 0 Å². The van der Waals surface area contributed by atoms with Crippen LogP contribution in [0.1, 0.15) is 30.3 Å². The smallest absolute Gasteiger partial charge is 0.266 e. The first-order valence-electron chi connectivity index (χ1n) is 9.23. The average Bonchev–Trinajstić information content (AvgIpc) is 3.29. The molecule has 0 spiro atoms. The molecule has 4 rings (SSSR count). The Balaban J connectivity index is 1.57. The molecule has 0 saturated carbocycles. The summed E-state index contributed by atoms with van der Waals surface area (Å²) >= 11 is 0. The number of H-pyrrole nitrogens is 1. The van der Waals surface area contributed by atoms with Crippen LogP contribution in [0.4, 0.5) is 5.82 Å². The van der Waals surface area contributed by atoms with Gasteiger partial charge >= 0.3 is 0 Å². The predicted octanol–water partition coefficient (Wildman–Crippen LogP) is 2.16. The molecular formula is C20H21N5O3. The summed E-state index contributed by atoms with van der Waals surface area (Å²) in [4.78, 5) is 32.2. The quantitative estimate of drug-likeness (QED) is 0.707. The maximum atomic E-state index is 12.6. The van der Waals surface area contributed by atoms with E-state index in [1.54, 1.807) is 25.1 Å². The van der Waals surface area contributed by atoms with Crippen molar-refractivity contribution in [3.05, 3.63) is 63.7 Å². The van der Waals surface area contributed by atoms with E-state index >= 15 is 0 Å². The first-order chi connectivity index (χ1) is 13.5. The van der Waals surface area contributed by atoms with Gasteiger partial charge in [-0.1, -0.05) is 18.2 Å². The van der Waals surface area contributed by atoms with Crippen molar-refractivity contribution in [3.63, 3.8) is 0 Å². The van der Waals surface area contributed by atoms with E-state index in [-0.39, 0.29) is 11.5 Å². The summed E-state index contributed by atoms with van der Waals surface area (Å²) in [6, 6.07) is 10.9. The van der Waals surface area contributed by atoms with Crippen molar-refractivity contribution < 1.29 is 9.53 Å². The van der Waals surface area contributed by atoms with Gasteiger partial charge in [0.05, 0.1) is 11.4 Å². The molecule has 1 amide bonds. The van der Waals surface area contributed by atoms with Crippen LogP contribution in [0, 0.1) is 6.92 Å². The maximum absolute atomic E-state index is 12.6. The van der Waals surface area contributed by atoms with Crippen molar-refractivity contribution >= 4 is 11.7 Å². The Morgan fingerprint density at radius 1 is 1.29 bits per heavy atom. The fourth-order valence-corrected chi connectivity index (χ4v) is 3.26. The summed E-state index contributed by atoms with van der Waals surface area (Å²) in [7, 11) is 0. The molecule has 2 aromatic heterocycles. The highest BCUT2D eigenvalue weighted by atomic mass is 16.5. The molecule has 1 aromatic carbocycles. The molecule has 2 heterocycles. The number of hydrogen-bond donors (Lipinski definition) is 2. The molecule has 2 N–H and O–H groups in total. The zero-order valence-corrected chi connectivity index (χ0v) is 15.7. The number of para-hydroxylation sites is 1. The Bertz CT molecular complexity index is 1070. The van der Waals surface area contributed by atoms with Crippen LogP contribution in [0.15, 0.2) is 41.2 Å². The van der Waals surface area contributed by atoms with Gasteiger partial charge in [0.25, 0.3) is 11.5 Å². The van der Waals surface area contributed by atoms with Gasteiger partial charge in [0.1, 0.15) is 11.6 Å². The van der Waals surface area contributed by atoms with Crippen molar-refractivity contribution in [1.82, 2.24) is 19.7 Å². The van der Waals surface area contributed by atoms with Crippen LogP contribution >= 0.6 is 0 Å². The molecule has 0 saturated heterocycles. The maximum Gasteiger partial charge on any atom is 0.266 e. The lowest BCUT2D eigenvalue weighted by Gasteiger charge is -2.15. The topological polar surface area (TPSA) is 102 Å². The van der Waals surface area contributed by atoms with Gasteiger partial charge < -0.3 is 10.1 Å². The molecule has 1 aliphatic carbocycles. The van der Waals surface area contributed by atoms with Crippen LogP contribution in [-0.2, 0) is 17.6 Å². The van der Waals surface area contributed by atoms with Crippen molar-refractivity contribution in [2.75, 3.05) is 5.32 Å². The van der Waals surface area contributed by atoms with E-state index in [2.05, 4.69) is 20.4 Å². The minimum atomic E-state index is -0.710. The molecule has 28 heavy (non-hydrogen) atoms. The van der Waals surface area contributed by atoms with E-state index in [0.717, 1.165) is 30.5 Å². The van der Waals surface area contributed by atoms with E-state index in [4.69, 9.17) is 4.74 Å². The molecule has 3 aromatic rings. The van der Waals surface area contributed by atoms with Gasteiger partial charge in [-0.05, 0) is 45.2 Å². The van der Waals surface area contributed by atoms with Gasteiger partial charge in [0.15, 0.2) is 6.10 Å². The highest BCUT2D eigenvalue weighted by Gasteiger charge is 2.21. The average molecular weight is 379 g/mol. The molecule has 1 unspecified atom stereocenters. The largest absolute Gasteiger partial charge is 0.481 e. The van der Waals surface area contributed by atoms with E-state index < -0.39 is 6.10 Å². The normalized spacial score (nSPS) is 13.8. The molecule has 0 bridgehead atoms. The Kier molecular flexibility index (Phi) is 4.68. The Morgan fingerprint density at radius 2 is 2.07 bits per heavy atom. The fraction of sp³-hybridized carbons (Fsp3) is 0.300. The molecule has 0 fully saturated rings.